The van der Waals surface area contributed by atoms with Crippen molar-refractivity contribution in [2.24, 2.45) is 0 Å². The van der Waals surface area contributed by atoms with Gasteiger partial charge in [0, 0.05) is 18.5 Å². The van der Waals surface area contributed by atoms with Gasteiger partial charge in [-0.25, -0.2) is 9.59 Å². The van der Waals surface area contributed by atoms with Crippen LogP contribution in [0.5, 0.6) is 5.75 Å². The summed E-state index contributed by atoms with van der Waals surface area (Å²) in [6.07, 6.45) is 3.49. The summed E-state index contributed by atoms with van der Waals surface area (Å²) in [4.78, 5) is 36.7. The highest BCUT2D eigenvalue weighted by Crippen LogP contribution is 2.22. The van der Waals surface area contributed by atoms with Crippen molar-refractivity contribution in [3.8, 4) is 5.75 Å². The van der Waals surface area contributed by atoms with Crippen LogP contribution in [0.2, 0.25) is 0 Å². The van der Waals surface area contributed by atoms with E-state index in [2.05, 4.69) is 4.98 Å². The predicted octanol–water partition coefficient (Wildman–Crippen LogP) is 2.39. The summed E-state index contributed by atoms with van der Waals surface area (Å²) < 4.78 is 1.63. The van der Waals surface area contributed by atoms with Crippen molar-refractivity contribution in [1.82, 2.24) is 9.55 Å². The maximum absolute atomic E-state index is 11.4. The minimum atomic E-state index is -1.36. The molecule has 0 spiro atoms. The molecule has 0 aliphatic heterocycles. The first kappa shape index (κ1) is 20.4. The molecular weight excluding hydrogens is 364 g/mol. The lowest BCUT2D eigenvalue weighted by Crippen LogP contribution is -2.18. The number of rotatable bonds is 4. The Bertz CT molecular complexity index is 1010. The van der Waals surface area contributed by atoms with Gasteiger partial charge in [-0.05, 0) is 42.8 Å². The van der Waals surface area contributed by atoms with Gasteiger partial charge in [-0.1, -0.05) is 12.1 Å². The van der Waals surface area contributed by atoms with Crippen LogP contribution in [-0.2, 0) is 6.54 Å². The van der Waals surface area contributed by atoms with Gasteiger partial charge >= 0.3 is 11.9 Å². The maximum Gasteiger partial charge on any atom is 0.339 e. The number of carboxylic acid groups (broad SMARTS) is 2. The van der Waals surface area contributed by atoms with Crippen molar-refractivity contribution < 1.29 is 24.9 Å². The zero-order valence-electron chi connectivity index (χ0n) is 14.9. The minimum Gasteiger partial charge on any atom is -0.507 e. The second kappa shape index (κ2) is 9.13. The first-order chi connectivity index (χ1) is 13.3. The Morgan fingerprint density at radius 2 is 1.68 bits per heavy atom. The fourth-order valence-electron chi connectivity index (χ4n) is 2.35. The van der Waals surface area contributed by atoms with Crippen LogP contribution >= 0.6 is 0 Å². The van der Waals surface area contributed by atoms with Crippen molar-refractivity contribution in [1.29, 1.82) is 0 Å². The molecule has 0 aliphatic rings. The molecule has 0 unspecified atom stereocenters. The van der Waals surface area contributed by atoms with Gasteiger partial charge in [0.2, 0.25) is 0 Å². The number of nitrogens with zero attached hydrogens (tertiary/aromatic N) is 2. The van der Waals surface area contributed by atoms with Crippen LogP contribution in [-0.4, -0.2) is 36.8 Å². The van der Waals surface area contributed by atoms with E-state index in [1.54, 1.807) is 29.1 Å². The summed E-state index contributed by atoms with van der Waals surface area (Å²) in [6.45, 7) is 2.01. The summed E-state index contributed by atoms with van der Waals surface area (Å²) in [5, 5.41) is 26.5. The molecule has 28 heavy (non-hydrogen) atoms. The molecular formula is C20H18N2O6. The number of carbonyl (C=O) groups is 2. The maximum atomic E-state index is 11.4. The van der Waals surface area contributed by atoms with Crippen molar-refractivity contribution in [2.75, 3.05) is 0 Å². The number of pyridine rings is 2. The largest absolute Gasteiger partial charge is 0.507 e. The van der Waals surface area contributed by atoms with Gasteiger partial charge in [0.15, 0.2) is 0 Å². The van der Waals surface area contributed by atoms with Crippen LogP contribution in [0.4, 0.5) is 0 Å². The molecule has 0 radical (unpaired) electrons. The summed E-state index contributed by atoms with van der Waals surface area (Å²) in [7, 11) is 0. The Kier molecular flexibility index (Phi) is 6.64. The average molecular weight is 382 g/mol. The van der Waals surface area contributed by atoms with E-state index in [4.69, 9.17) is 10.2 Å². The number of aromatic carboxylic acids is 2. The molecule has 0 aliphatic carbocycles. The smallest absolute Gasteiger partial charge is 0.339 e. The molecule has 0 bridgehead atoms. The topological polar surface area (TPSA) is 130 Å². The molecule has 0 saturated carbocycles. The van der Waals surface area contributed by atoms with Crippen LogP contribution < -0.4 is 5.56 Å². The van der Waals surface area contributed by atoms with Gasteiger partial charge < -0.3 is 19.9 Å². The van der Waals surface area contributed by atoms with Crippen LogP contribution in [0.1, 0.15) is 32.0 Å². The number of aromatic hydroxyl groups is 1. The fraction of sp³-hybridized carbons (Fsp3) is 0.100. The lowest BCUT2D eigenvalue weighted by atomic mass is 10.0. The molecule has 0 saturated heterocycles. The monoisotopic (exact) mass is 382 g/mol. The molecule has 0 atom stereocenters. The normalized spacial score (nSPS) is 9.89. The van der Waals surface area contributed by atoms with E-state index in [-0.39, 0.29) is 11.1 Å². The lowest BCUT2D eigenvalue weighted by Gasteiger charge is -2.04. The summed E-state index contributed by atoms with van der Waals surface area (Å²) in [6, 6.07) is 12.8. The number of hydrogen-bond donors (Lipinski definition) is 3. The third kappa shape index (κ3) is 5.28. The number of phenols is 1. The van der Waals surface area contributed by atoms with Crippen molar-refractivity contribution in [3.63, 3.8) is 0 Å². The number of aromatic nitrogens is 2. The van der Waals surface area contributed by atoms with Gasteiger partial charge in [-0.2, -0.15) is 0 Å². The average Bonchev–Trinajstić information content (AvgIpc) is 2.64. The highest BCUT2D eigenvalue weighted by molar-refractivity contribution is 5.96. The first-order valence-corrected chi connectivity index (χ1v) is 8.15. The van der Waals surface area contributed by atoms with Gasteiger partial charge in [0.1, 0.15) is 11.3 Å². The molecule has 3 aromatic rings. The lowest BCUT2D eigenvalue weighted by molar-refractivity contribution is 0.0693. The van der Waals surface area contributed by atoms with Crippen LogP contribution in [0.15, 0.2) is 65.7 Å². The van der Waals surface area contributed by atoms with Gasteiger partial charge in [-0.15, -0.1) is 0 Å². The molecule has 1 aromatic carbocycles. The number of aryl methyl sites for hydroxylation is 1. The van der Waals surface area contributed by atoms with Crippen molar-refractivity contribution >= 4 is 11.9 Å². The highest BCUT2D eigenvalue weighted by atomic mass is 16.4. The first-order valence-electron chi connectivity index (χ1n) is 8.15. The summed E-state index contributed by atoms with van der Waals surface area (Å²) >= 11 is 0. The SMILES string of the molecule is Cc1cc(O)c(C(=O)O)cc1C(=O)O.O=c1ccccn1Cc1ccccn1. The Labute approximate surface area is 160 Å². The summed E-state index contributed by atoms with van der Waals surface area (Å²) in [5.74, 6) is -3.00. The van der Waals surface area contributed by atoms with Crippen LogP contribution in [0.3, 0.4) is 0 Å². The molecule has 3 rings (SSSR count). The predicted molar refractivity (Wildman–Crippen MR) is 101 cm³/mol. The second-order valence-electron chi connectivity index (χ2n) is 5.78. The van der Waals surface area contributed by atoms with Gasteiger partial charge in [0.25, 0.3) is 5.56 Å². The van der Waals surface area contributed by atoms with E-state index in [1.165, 1.54) is 6.92 Å². The highest BCUT2D eigenvalue weighted by Gasteiger charge is 2.15. The molecule has 2 aromatic heterocycles. The van der Waals surface area contributed by atoms with E-state index in [0.717, 1.165) is 17.8 Å². The number of carboxylic acids is 2. The molecule has 3 N–H and O–H groups in total. The minimum absolute atomic E-state index is 0.00171. The number of benzene rings is 1. The van der Waals surface area contributed by atoms with E-state index in [1.807, 2.05) is 24.3 Å². The zero-order chi connectivity index (χ0) is 20.7. The zero-order valence-corrected chi connectivity index (χ0v) is 14.9. The van der Waals surface area contributed by atoms with Crippen LogP contribution in [0.25, 0.3) is 0 Å². The molecule has 2 heterocycles. The van der Waals surface area contributed by atoms with E-state index in [0.29, 0.717) is 12.1 Å². The quantitative estimate of drug-likeness (QED) is 0.631. The second-order valence-corrected chi connectivity index (χ2v) is 5.78. The third-order valence-corrected chi connectivity index (χ3v) is 3.76. The van der Waals surface area contributed by atoms with Crippen molar-refractivity contribution in [3.05, 3.63) is 93.7 Å². The Morgan fingerprint density at radius 1 is 1.00 bits per heavy atom. The molecule has 144 valence electrons. The van der Waals surface area contributed by atoms with Gasteiger partial charge in [0.05, 0.1) is 17.8 Å². The number of hydrogen-bond acceptors (Lipinski definition) is 5. The third-order valence-electron chi connectivity index (χ3n) is 3.76. The Morgan fingerprint density at radius 3 is 2.25 bits per heavy atom. The van der Waals surface area contributed by atoms with Crippen molar-refractivity contribution in [2.45, 2.75) is 13.5 Å². The molecule has 8 nitrogen and oxygen atoms in total. The molecule has 8 heteroatoms. The molecule has 0 amide bonds. The van der Waals surface area contributed by atoms with Gasteiger partial charge in [-0.3, -0.25) is 9.78 Å². The standard InChI is InChI=1S/C11H10N2O.C9H8O5/c14-11-6-2-4-8-13(11)9-10-5-1-3-7-12-10;1-4-2-7(10)6(9(13)14)3-5(4)8(11)12/h1-8H,9H2;2-3,10H,1H3,(H,11,12)(H,13,14). The van der Waals surface area contributed by atoms with E-state index < -0.39 is 23.3 Å². The van der Waals surface area contributed by atoms with Crippen LogP contribution in [0, 0.1) is 6.92 Å². The van der Waals surface area contributed by atoms with E-state index >= 15 is 0 Å². The summed E-state index contributed by atoms with van der Waals surface area (Å²) in [5.41, 5.74) is 0.673. The fourth-order valence-corrected chi connectivity index (χ4v) is 2.35. The Hall–Kier alpha value is -3.94. The Balaban J connectivity index is 0.000000200. The van der Waals surface area contributed by atoms with E-state index in [9.17, 15) is 19.5 Å². The molecule has 0 fully saturated rings.